The van der Waals surface area contributed by atoms with Crippen LogP contribution in [0.25, 0.3) is 22.0 Å². The molecule has 0 radical (unpaired) electrons. The highest BCUT2D eigenvalue weighted by atomic mass is 35.5. The first-order valence-electron chi connectivity index (χ1n) is 16.2. The van der Waals surface area contributed by atoms with E-state index >= 15 is 8.78 Å². The molecule has 0 spiro atoms. The van der Waals surface area contributed by atoms with E-state index in [0.29, 0.717) is 47.2 Å². The Morgan fingerprint density at radius 3 is 2.75 bits per heavy atom. The van der Waals surface area contributed by atoms with E-state index < -0.39 is 23.6 Å². The van der Waals surface area contributed by atoms with Gasteiger partial charge in [0.25, 0.3) is 5.91 Å². The van der Waals surface area contributed by atoms with Crippen LogP contribution < -0.4 is 25.0 Å². The molecule has 3 aliphatic heterocycles. The number of piperazine rings is 2. The van der Waals surface area contributed by atoms with Gasteiger partial charge in [0, 0.05) is 72.9 Å². The summed E-state index contributed by atoms with van der Waals surface area (Å²) >= 11 is 6.29. The van der Waals surface area contributed by atoms with E-state index in [0.717, 1.165) is 25.9 Å². The summed E-state index contributed by atoms with van der Waals surface area (Å²) < 4.78 is 43.4. The van der Waals surface area contributed by atoms with Crippen molar-refractivity contribution in [1.82, 2.24) is 30.4 Å². The number of rotatable bonds is 9. The number of nitriles is 1. The quantitative estimate of drug-likeness (QED) is 0.322. The number of hydrogen-bond donors (Lipinski definition) is 2. The van der Waals surface area contributed by atoms with Crippen molar-refractivity contribution in [2.75, 3.05) is 71.5 Å². The van der Waals surface area contributed by atoms with Crippen LogP contribution in [-0.2, 0) is 4.79 Å². The molecule has 1 unspecified atom stereocenters. The molecule has 11 nitrogen and oxygen atoms in total. The van der Waals surface area contributed by atoms with Crippen LogP contribution in [-0.4, -0.2) is 110 Å². The zero-order valence-corrected chi connectivity index (χ0v) is 27.8. The first-order valence-corrected chi connectivity index (χ1v) is 16.6. The standard InChI is InChI=1S/C34H39ClF2N8O3/c1-43-13-3-4-24(43)20-48-34-41-31-26(7-6-25(30(31)37)27-16-21(35)5-8-29(27)47-2)32(42-34)44-14-15-45(23(19-44)9-10-38)33(46)28(36)17-22-18-39-11-12-40-22/h5-8,16-17,22-24,39-40H,3-4,9,11-15,18-20H2,1-2H3/b28-17-/t22?,23-,24-/m0/s1. The normalized spacial score (nSPS) is 22.2. The number of methoxy groups -OCH3 is 1. The van der Waals surface area contributed by atoms with Gasteiger partial charge in [0.2, 0.25) is 0 Å². The molecule has 1 aromatic heterocycles. The molecule has 3 saturated heterocycles. The first-order chi connectivity index (χ1) is 23.3. The highest BCUT2D eigenvalue weighted by Gasteiger charge is 2.34. The van der Waals surface area contributed by atoms with Crippen molar-refractivity contribution in [3.05, 3.63) is 53.1 Å². The van der Waals surface area contributed by atoms with Gasteiger partial charge in [-0.1, -0.05) is 17.7 Å². The number of hydrogen-bond acceptors (Lipinski definition) is 10. The van der Waals surface area contributed by atoms with E-state index in [1.54, 1.807) is 30.3 Å². The molecule has 14 heteroatoms. The number of nitrogens with zero attached hydrogens (tertiary/aromatic N) is 6. The van der Waals surface area contributed by atoms with Crippen LogP contribution in [0.1, 0.15) is 19.3 Å². The topological polar surface area (TPSA) is 119 Å². The third kappa shape index (κ3) is 7.17. The highest BCUT2D eigenvalue weighted by Crippen LogP contribution is 2.39. The Balaban J connectivity index is 1.35. The molecule has 254 valence electrons. The van der Waals surface area contributed by atoms with Gasteiger partial charge in [0.1, 0.15) is 23.7 Å². The van der Waals surface area contributed by atoms with Gasteiger partial charge in [0.05, 0.1) is 25.6 Å². The average Bonchev–Trinajstić information content (AvgIpc) is 3.51. The summed E-state index contributed by atoms with van der Waals surface area (Å²) in [7, 11) is 3.54. The molecule has 0 saturated carbocycles. The summed E-state index contributed by atoms with van der Waals surface area (Å²) in [5.41, 5.74) is 0.762. The number of likely N-dealkylation sites (tertiary alicyclic amines) is 1. The van der Waals surface area contributed by atoms with Crippen LogP contribution in [0.4, 0.5) is 14.6 Å². The number of carbonyl (C=O) groups excluding carboxylic acids is 1. The molecule has 3 fully saturated rings. The number of fused-ring (bicyclic) bond motifs is 1. The summed E-state index contributed by atoms with van der Waals surface area (Å²) in [5.74, 6) is -1.37. The fraction of sp³-hybridized carbons (Fsp3) is 0.471. The second-order valence-corrected chi connectivity index (χ2v) is 12.8. The van der Waals surface area contributed by atoms with Gasteiger partial charge in [-0.2, -0.15) is 15.2 Å². The van der Waals surface area contributed by atoms with Gasteiger partial charge in [0.15, 0.2) is 11.6 Å². The molecule has 3 aliphatic rings. The lowest BCUT2D eigenvalue weighted by molar-refractivity contribution is -0.131. The Hall–Kier alpha value is -4.09. The third-order valence-electron chi connectivity index (χ3n) is 9.29. The zero-order chi connectivity index (χ0) is 33.8. The van der Waals surface area contributed by atoms with Crippen molar-refractivity contribution >= 4 is 34.2 Å². The first kappa shape index (κ1) is 33.8. The van der Waals surface area contributed by atoms with Crippen molar-refractivity contribution in [2.24, 2.45) is 0 Å². The van der Waals surface area contributed by atoms with Gasteiger partial charge in [-0.05, 0) is 56.8 Å². The van der Waals surface area contributed by atoms with Crippen molar-refractivity contribution in [2.45, 2.75) is 37.4 Å². The van der Waals surface area contributed by atoms with Crippen molar-refractivity contribution in [3.63, 3.8) is 0 Å². The molecule has 3 atom stereocenters. The predicted molar refractivity (Wildman–Crippen MR) is 179 cm³/mol. The molecule has 2 N–H and O–H groups in total. The maximum atomic E-state index is 16.6. The van der Waals surface area contributed by atoms with E-state index in [1.165, 1.54) is 18.1 Å². The molecule has 6 rings (SSSR count). The minimum Gasteiger partial charge on any atom is -0.496 e. The summed E-state index contributed by atoms with van der Waals surface area (Å²) in [6, 6.07) is 9.75. The van der Waals surface area contributed by atoms with Gasteiger partial charge < -0.3 is 34.8 Å². The number of likely N-dealkylation sites (N-methyl/N-ethyl adjacent to an activating group) is 1. The Morgan fingerprint density at radius 1 is 1.17 bits per heavy atom. The van der Waals surface area contributed by atoms with Crippen LogP contribution in [0.15, 0.2) is 42.2 Å². The number of amides is 1. The number of halogens is 3. The maximum absolute atomic E-state index is 16.6. The van der Waals surface area contributed by atoms with Crippen LogP contribution in [0.3, 0.4) is 0 Å². The zero-order valence-electron chi connectivity index (χ0n) is 27.0. The van der Waals surface area contributed by atoms with Crippen LogP contribution in [0, 0.1) is 17.1 Å². The monoisotopic (exact) mass is 680 g/mol. The summed E-state index contributed by atoms with van der Waals surface area (Å²) in [6.45, 7) is 3.84. The van der Waals surface area contributed by atoms with E-state index in [4.69, 9.17) is 26.1 Å². The number of nitrogens with one attached hydrogen (secondary N) is 2. The second-order valence-electron chi connectivity index (χ2n) is 12.3. The SMILES string of the molecule is COc1ccc(Cl)cc1-c1ccc2c(N3CCN(C(=O)/C(F)=C/C4CNCCN4)[C@@H](CC#N)C3)nc(OC[C@@H]3CCCN3C)nc2c1F. The fourth-order valence-electron chi connectivity index (χ4n) is 6.66. The molecule has 0 aliphatic carbocycles. The minimum absolute atomic E-state index is 0.0183. The van der Waals surface area contributed by atoms with E-state index in [-0.39, 0.29) is 55.2 Å². The maximum Gasteiger partial charge on any atom is 0.319 e. The largest absolute Gasteiger partial charge is 0.496 e. The highest BCUT2D eigenvalue weighted by molar-refractivity contribution is 6.31. The Kier molecular flexibility index (Phi) is 10.6. The molecule has 0 bridgehead atoms. The number of aromatic nitrogens is 2. The molecular formula is C34H39ClF2N8O3. The van der Waals surface area contributed by atoms with Gasteiger partial charge >= 0.3 is 6.01 Å². The Labute approximate surface area is 283 Å². The average molecular weight is 681 g/mol. The smallest absolute Gasteiger partial charge is 0.319 e. The summed E-state index contributed by atoms with van der Waals surface area (Å²) in [6.07, 6.45) is 3.30. The number of benzene rings is 2. The van der Waals surface area contributed by atoms with E-state index in [2.05, 4.69) is 26.6 Å². The lowest BCUT2D eigenvalue weighted by atomic mass is 10.0. The summed E-state index contributed by atoms with van der Waals surface area (Å²) in [4.78, 5) is 28.1. The predicted octanol–water partition coefficient (Wildman–Crippen LogP) is 3.92. The number of ether oxygens (including phenoxy) is 2. The van der Waals surface area contributed by atoms with Crippen LogP contribution >= 0.6 is 11.6 Å². The fourth-order valence-corrected chi connectivity index (χ4v) is 6.84. The van der Waals surface area contributed by atoms with Gasteiger partial charge in [-0.15, -0.1) is 0 Å². The lowest BCUT2D eigenvalue weighted by Crippen LogP contribution is -2.55. The summed E-state index contributed by atoms with van der Waals surface area (Å²) in [5, 5.41) is 16.9. The molecular weight excluding hydrogens is 642 g/mol. The lowest BCUT2D eigenvalue weighted by Gasteiger charge is -2.41. The van der Waals surface area contributed by atoms with E-state index in [9.17, 15) is 10.1 Å². The molecule has 4 heterocycles. The molecule has 48 heavy (non-hydrogen) atoms. The van der Waals surface area contributed by atoms with Gasteiger partial charge in [-0.3, -0.25) is 4.79 Å². The molecule has 2 aromatic carbocycles. The minimum atomic E-state index is -0.862. The van der Waals surface area contributed by atoms with Crippen LogP contribution in [0.5, 0.6) is 11.8 Å². The Morgan fingerprint density at radius 2 is 2.02 bits per heavy atom. The number of anilines is 1. The number of carbonyl (C=O) groups is 1. The van der Waals surface area contributed by atoms with Crippen molar-refractivity contribution < 1.29 is 23.0 Å². The van der Waals surface area contributed by atoms with Crippen molar-refractivity contribution in [1.29, 1.82) is 5.26 Å². The van der Waals surface area contributed by atoms with Gasteiger partial charge in [-0.25, -0.2) is 8.78 Å². The van der Waals surface area contributed by atoms with Crippen LogP contribution in [0.2, 0.25) is 5.02 Å². The Bertz CT molecular complexity index is 1730. The third-order valence-corrected chi connectivity index (χ3v) is 9.52. The molecule has 1 amide bonds. The van der Waals surface area contributed by atoms with E-state index in [1.807, 2.05) is 11.9 Å². The van der Waals surface area contributed by atoms with Crippen molar-refractivity contribution in [3.8, 4) is 29.0 Å². The molecule has 3 aromatic rings. The second kappa shape index (κ2) is 15.0.